The van der Waals surface area contributed by atoms with Crippen molar-refractivity contribution in [1.29, 1.82) is 0 Å². The van der Waals surface area contributed by atoms with Gasteiger partial charge in [-0.05, 0) is 49.2 Å². The molecule has 0 radical (unpaired) electrons. The first kappa shape index (κ1) is 12.9. The van der Waals surface area contributed by atoms with Gasteiger partial charge in [-0.25, -0.2) is 0 Å². The number of hydrogen-bond acceptors (Lipinski definition) is 1. The second kappa shape index (κ2) is 6.39. The summed E-state index contributed by atoms with van der Waals surface area (Å²) in [5.41, 5.74) is 1.46. The van der Waals surface area contributed by atoms with E-state index in [9.17, 15) is 4.79 Å². The Morgan fingerprint density at radius 1 is 1.22 bits per heavy atom. The zero-order chi connectivity index (χ0) is 12.8. The number of amides is 1. The summed E-state index contributed by atoms with van der Waals surface area (Å²) in [6.45, 7) is 4.26. The Morgan fingerprint density at radius 2 is 1.89 bits per heavy atom. The molecule has 0 atom stereocenters. The molecule has 0 spiro atoms. The van der Waals surface area contributed by atoms with E-state index in [0.717, 1.165) is 6.54 Å². The lowest BCUT2D eigenvalue weighted by atomic mass is 9.79. The molecule has 18 heavy (non-hydrogen) atoms. The average Bonchev–Trinajstić information content (AvgIpc) is 2.46. The molecule has 2 nitrogen and oxygen atoms in total. The lowest BCUT2D eigenvalue weighted by Crippen LogP contribution is -2.29. The summed E-state index contributed by atoms with van der Waals surface area (Å²) in [7, 11) is 0. The van der Waals surface area contributed by atoms with E-state index >= 15 is 0 Å². The van der Waals surface area contributed by atoms with Gasteiger partial charge in [-0.1, -0.05) is 36.9 Å². The minimum atomic E-state index is -0.0554. The molecule has 0 heterocycles. The van der Waals surface area contributed by atoms with E-state index in [2.05, 4.69) is 42.2 Å². The maximum absolute atomic E-state index is 11.1. The van der Waals surface area contributed by atoms with Gasteiger partial charge in [0.2, 0.25) is 5.91 Å². The topological polar surface area (TPSA) is 29.1 Å². The van der Waals surface area contributed by atoms with Gasteiger partial charge in [0.05, 0.1) is 0 Å². The molecule has 1 aliphatic rings. The fourth-order valence-electron chi connectivity index (χ4n) is 2.74. The van der Waals surface area contributed by atoms with Crippen LogP contribution in [-0.2, 0) is 4.79 Å². The van der Waals surface area contributed by atoms with E-state index in [1.54, 1.807) is 0 Å². The molecular formula is C16H21NO. The molecule has 0 unspecified atom stereocenters. The Morgan fingerprint density at radius 3 is 2.50 bits per heavy atom. The molecular weight excluding hydrogens is 222 g/mol. The van der Waals surface area contributed by atoms with Crippen molar-refractivity contribution in [3.63, 3.8) is 0 Å². The van der Waals surface area contributed by atoms with Crippen LogP contribution in [0.3, 0.4) is 0 Å². The molecule has 1 aromatic carbocycles. The number of carbonyl (C=O) groups is 1. The summed E-state index contributed by atoms with van der Waals surface area (Å²) < 4.78 is 0. The second-order valence-corrected chi connectivity index (χ2v) is 5.08. The fourth-order valence-corrected chi connectivity index (χ4v) is 2.74. The smallest absolute Gasteiger partial charge is 0.243 e. The van der Waals surface area contributed by atoms with Crippen LogP contribution in [0.25, 0.3) is 0 Å². The van der Waals surface area contributed by atoms with Crippen molar-refractivity contribution in [3.8, 4) is 0 Å². The second-order valence-electron chi connectivity index (χ2n) is 5.08. The van der Waals surface area contributed by atoms with Crippen molar-refractivity contribution in [3.05, 3.63) is 48.6 Å². The van der Waals surface area contributed by atoms with Crippen LogP contribution < -0.4 is 5.32 Å². The van der Waals surface area contributed by atoms with Gasteiger partial charge in [-0.15, -0.1) is 0 Å². The third-order valence-corrected chi connectivity index (χ3v) is 3.87. The normalized spacial score (nSPS) is 23.3. The maximum atomic E-state index is 11.1. The van der Waals surface area contributed by atoms with Gasteiger partial charge in [-0.3, -0.25) is 4.79 Å². The van der Waals surface area contributed by atoms with Crippen LogP contribution in [0.5, 0.6) is 0 Å². The van der Waals surface area contributed by atoms with Crippen LogP contribution in [0, 0.1) is 5.92 Å². The molecule has 2 rings (SSSR count). The van der Waals surface area contributed by atoms with Crippen molar-refractivity contribution in [2.45, 2.75) is 31.6 Å². The summed E-state index contributed by atoms with van der Waals surface area (Å²) in [5, 5.41) is 2.90. The minimum Gasteiger partial charge on any atom is -0.352 e. The number of carbonyl (C=O) groups excluding carboxylic acids is 1. The summed E-state index contributed by atoms with van der Waals surface area (Å²) in [4.78, 5) is 11.1. The van der Waals surface area contributed by atoms with Crippen LogP contribution >= 0.6 is 0 Å². The Hall–Kier alpha value is -1.57. The molecule has 2 heteroatoms. The minimum absolute atomic E-state index is 0.0554. The predicted octanol–water partition coefficient (Wildman–Crippen LogP) is 3.26. The number of benzene rings is 1. The Bertz CT molecular complexity index is 391. The average molecular weight is 243 g/mol. The number of rotatable bonds is 4. The summed E-state index contributed by atoms with van der Waals surface area (Å²) in [6.07, 6.45) is 6.22. The first-order chi connectivity index (χ1) is 8.79. The van der Waals surface area contributed by atoms with Gasteiger partial charge in [0.15, 0.2) is 0 Å². The van der Waals surface area contributed by atoms with Gasteiger partial charge < -0.3 is 5.32 Å². The van der Waals surface area contributed by atoms with E-state index in [4.69, 9.17) is 0 Å². The lowest BCUT2D eigenvalue weighted by molar-refractivity contribution is -0.116. The van der Waals surface area contributed by atoms with Gasteiger partial charge >= 0.3 is 0 Å². The van der Waals surface area contributed by atoms with E-state index in [0.29, 0.717) is 11.8 Å². The van der Waals surface area contributed by atoms with Gasteiger partial charge in [0.1, 0.15) is 0 Å². The molecule has 0 aliphatic heterocycles. The summed E-state index contributed by atoms with van der Waals surface area (Å²) in [5.74, 6) is 1.28. The molecule has 1 saturated carbocycles. The van der Waals surface area contributed by atoms with E-state index in [-0.39, 0.29) is 5.91 Å². The van der Waals surface area contributed by atoms with Crippen molar-refractivity contribution in [1.82, 2.24) is 5.32 Å². The van der Waals surface area contributed by atoms with Gasteiger partial charge in [0.25, 0.3) is 0 Å². The molecule has 1 N–H and O–H groups in total. The van der Waals surface area contributed by atoms with Crippen LogP contribution in [-0.4, -0.2) is 12.5 Å². The SMILES string of the molecule is C=CC(=O)NCC1CCC(c2ccccc2)CC1. The molecule has 96 valence electrons. The molecule has 1 aromatic rings. The van der Waals surface area contributed by atoms with Crippen molar-refractivity contribution in [2.75, 3.05) is 6.54 Å². The van der Waals surface area contributed by atoms with Gasteiger partial charge in [0, 0.05) is 6.54 Å². The Kier molecular flexibility index (Phi) is 4.57. The first-order valence-corrected chi connectivity index (χ1v) is 6.75. The van der Waals surface area contributed by atoms with Crippen LogP contribution in [0.2, 0.25) is 0 Å². The Labute approximate surface area is 109 Å². The van der Waals surface area contributed by atoms with Crippen molar-refractivity contribution < 1.29 is 4.79 Å². The Balaban J connectivity index is 1.78. The molecule has 0 saturated heterocycles. The quantitative estimate of drug-likeness (QED) is 0.808. The zero-order valence-electron chi connectivity index (χ0n) is 10.8. The fraction of sp³-hybridized carbons (Fsp3) is 0.438. The molecule has 1 amide bonds. The molecule has 1 aliphatic carbocycles. The zero-order valence-corrected chi connectivity index (χ0v) is 10.8. The van der Waals surface area contributed by atoms with Crippen LogP contribution in [0.15, 0.2) is 43.0 Å². The lowest BCUT2D eigenvalue weighted by Gasteiger charge is -2.28. The highest BCUT2D eigenvalue weighted by Crippen LogP contribution is 2.35. The maximum Gasteiger partial charge on any atom is 0.243 e. The van der Waals surface area contributed by atoms with Crippen molar-refractivity contribution >= 4 is 5.91 Å². The molecule has 1 fully saturated rings. The van der Waals surface area contributed by atoms with Gasteiger partial charge in [-0.2, -0.15) is 0 Å². The van der Waals surface area contributed by atoms with E-state index in [1.165, 1.54) is 37.3 Å². The number of nitrogens with one attached hydrogen (secondary N) is 1. The van der Waals surface area contributed by atoms with Crippen LogP contribution in [0.1, 0.15) is 37.2 Å². The van der Waals surface area contributed by atoms with Crippen molar-refractivity contribution in [2.24, 2.45) is 5.92 Å². The van der Waals surface area contributed by atoms with E-state index < -0.39 is 0 Å². The number of hydrogen-bond donors (Lipinski definition) is 1. The summed E-state index contributed by atoms with van der Waals surface area (Å²) >= 11 is 0. The highest BCUT2D eigenvalue weighted by atomic mass is 16.1. The third-order valence-electron chi connectivity index (χ3n) is 3.87. The molecule has 0 aromatic heterocycles. The summed E-state index contributed by atoms with van der Waals surface area (Å²) in [6, 6.07) is 10.8. The highest BCUT2D eigenvalue weighted by molar-refractivity contribution is 5.86. The first-order valence-electron chi connectivity index (χ1n) is 6.75. The largest absolute Gasteiger partial charge is 0.352 e. The van der Waals surface area contributed by atoms with Crippen LogP contribution in [0.4, 0.5) is 0 Å². The third kappa shape index (κ3) is 3.46. The molecule has 0 bridgehead atoms. The van der Waals surface area contributed by atoms with E-state index in [1.807, 2.05) is 0 Å². The predicted molar refractivity (Wildman–Crippen MR) is 74.3 cm³/mol. The highest BCUT2D eigenvalue weighted by Gasteiger charge is 2.22. The monoisotopic (exact) mass is 243 g/mol. The standard InChI is InChI=1S/C16H21NO/c1-2-16(18)17-12-13-8-10-15(11-9-13)14-6-4-3-5-7-14/h2-7,13,15H,1,8-12H2,(H,17,18).